The highest BCUT2D eigenvalue weighted by atomic mass is 16.5. The van der Waals surface area contributed by atoms with Crippen LogP contribution in [-0.4, -0.2) is 38.7 Å². The van der Waals surface area contributed by atoms with E-state index in [1.807, 2.05) is 36.5 Å². The van der Waals surface area contributed by atoms with Crippen LogP contribution in [0.15, 0.2) is 59.6 Å². The average Bonchev–Trinajstić information content (AvgIpc) is 3.37. The van der Waals surface area contributed by atoms with Gasteiger partial charge in [-0.15, -0.1) is 0 Å². The third-order valence-corrected chi connectivity index (χ3v) is 7.18. The van der Waals surface area contributed by atoms with E-state index in [0.717, 1.165) is 10.9 Å². The highest BCUT2D eigenvalue weighted by Crippen LogP contribution is 2.57. The molecule has 36 heavy (non-hydrogen) atoms. The van der Waals surface area contributed by atoms with Crippen molar-refractivity contribution >= 4 is 28.3 Å². The Labute approximate surface area is 207 Å². The van der Waals surface area contributed by atoms with Crippen LogP contribution in [0.4, 0.5) is 0 Å². The van der Waals surface area contributed by atoms with E-state index in [1.54, 1.807) is 13.8 Å². The number of nitrogens with zero attached hydrogens (tertiary/aromatic N) is 1. The van der Waals surface area contributed by atoms with Crippen molar-refractivity contribution in [1.82, 2.24) is 9.88 Å². The number of hydrogen-bond acceptors (Lipinski definition) is 7. The predicted molar refractivity (Wildman–Crippen MR) is 133 cm³/mol. The second kappa shape index (κ2) is 8.12. The van der Waals surface area contributed by atoms with Crippen LogP contribution in [0.5, 0.6) is 17.2 Å². The van der Waals surface area contributed by atoms with Crippen molar-refractivity contribution in [3.63, 3.8) is 0 Å². The Morgan fingerprint density at radius 3 is 2.56 bits per heavy atom. The number of Topliss-reactive ketones (excluding diaryl/α,β-unsaturated/α-hetero) is 2. The standard InChI is InChI=1S/C28H26N2O6/c1-14-24(33)22(16(3)31)26-23(25(14)34)28(4)20(36-26)13-19(32)21(27(28)35)15(2)29-10-12-30-11-9-17-7-5-6-8-18(17)30/h5-9,11,13,29,33-34H,10,12H2,1-4H3/b21-15+/t28-/m0/s1. The third-order valence-electron chi connectivity index (χ3n) is 7.18. The number of fused-ring (bicyclic) bond motifs is 4. The normalized spacial score (nSPS) is 20.1. The zero-order valence-electron chi connectivity index (χ0n) is 20.4. The molecule has 2 aromatic carbocycles. The number of benzene rings is 2. The lowest BCUT2D eigenvalue weighted by Gasteiger charge is -2.29. The Bertz CT molecular complexity index is 1560. The van der Waals surface area contributed by atoms with Crippen LogP contribution in [-0.2, 0) is 21.5 Å². The molecule has 8 heteroatoms. The Kier molecular flexibility index (Phi) is 5.28. The van der Waals surface area contributed by atoms with Gasteiger partial charge in [0, 0.05) is 42.1 Å². The lowest BCUT2D eigenvalue weighted by atomic mass is 9.70. The lowest BCUT2D eigenvalue weighted by molar-refractivity contribution is -0.123. The van der Waals surface area contributed by atoms with Gasteiger partial charge in [-0.3, -0.25) is 14.4 Å². The summed E-state index contributed by atoms with van der Waals surface area (Å²) in [7, 11) is 0. The minimum Gasteiger partial charge on any atom is -0.507 e. The molecule has 1 aliphatic heterocycles. The number of aromatic nitrogens is 1. The molecule has 3 N–H and O–H groups in total. The van der Waals surface area contributed by atoms with Crippen LogP contribution in [0.2, 0.25) is 0 Å². The van der Waals surface area contributed by atoms with Gasteiger partial charge >= 0.3 is 0 Å². The van der Waals surface area contributed by atoms with Gasteiger partial charge in [0.15, 0.2) is 17.3 Å². The number of hydrogen-bond donors (Lipinski definition) is 3. The zero-order valence-corrected chi connectivity index (χ0v) is 20.4. The second-order valence-corrected chi connectivity index (χ2v) is 9.38. The van der Waals surface area contributed by atoms with Gasteiger partial charge in [-0.2, -0.15) is 0 Å². The first-order valence-corrected chi connectivity index (χ1v) is 11.6. The van der Waals surface area contributed by atoms with Crippen molar-refractivity contribution in [2.24, 2.45) is 0 Å². The summed E-state index contributed by atoms with van der Waals surface area (Å²) in [5, 5.41) is 25.7. The van der Waals surface area contributed by atoms with E-state index in [4.69, 9.17) is 4.74 Å². The van der Waals surface area contributed by atoms with E-state index in [0.29, 0.717) is 18.8 Å². The fraction of sp³-hybridized carbons (Fsp3) is 0.250. The Balaban J connectivity index is 1.51. The number of nitrogens with one attached hydrogen (secondary N) is 1. The highest BCUT2D eigenvalue weighted by Gasteiger charge is 2.56. The SMILES string of the molecule is CC(=O)c1c(O)c(C)c(O)c2c1OC1=CC(=O)/C(=C(/C)NCCn3ccc4ccccc43)C(=O)[C@@]12C. The number of aromatic hydroxyl groups is 2. The van der Waals surface area contributed by atoms with Crippen molar-refractivity contribution in [2.45, 2.75) is 39.7 Å². The van der Waals surface area contributed by atoms with Crippen molar-refractivity contribution in [3.05, 3.63) is 76.3 Å². The summed E-state index contributed by atoms with van der Waals surface area (Å²) < 4.78 is 7.88. The van der Waals surface area contributed by atoms with Gasteiger partial charge in [0.1, 0.15) is 34.0 Å². The van der Waals surface area contributed by atoms with Crippen molar-refractivity contribution < 1.29 is 29.3 Å². The van der Waals surface area contributed by atoms with Gasteiger partial charge in [-0.1, -0.05) is 18.2 Å². The molecule has 0 fully saturated rings. The first-order valence-electron chi connectivity index (χ1n) is 11.6. The smallest absolute Gasteiger partial charge is 0.194 e. The number of carbonyl (C=O) groups is 3. The first-order chi connectivity index (χ1) is 17.1. The summed E-state index contributed by atoms with van der Waals surface area (Å²) in [4.78, 5) is 39.2. The topological polar surface area (TPSA) is 118 Å². The summed E-state index contributed by atoms with van der Waals surface area (Å²) in [5.41, 5.74) is -0.0473. The first kappa shape index (κ1) is 23.4. The fourth-order valence-electron chi connectivity index (χ4n) is 5.15. The maximum atomic E-state index is 13.8. The molecule has 1 aliphatic carbocycles. The van der Waals surface area contributed by atoms with E-state index in [9.17, 15) is 24.6 Å². The number of para-hydroxylation sites is 1. The molecule has 1 aromatic heterocycles. The van der Waals surface area contributed by atoms with Gasteiger partial charge in [0.25, 0.3) is 0 Å². The molecule has 0 saturated carbocycles. The van der Waals surface area contributed by atoms with Gasteiger partial charge < -0.3 is 24.8 Å². The van der Waals surface area contributed by atoms with E-state index in [-0.39, 0.29) is 39.5 Å². The Morgan fingerprint density at radius 2 is 1.83 bits per heavy atom. The monoisotopic (exact) mass is 486 g/mol. The highest BCUT2D eigenvalue weighted by molar-refractivity contribution is 6.31. The van der Waals surface area contributed by atoms with Crippen LogP contribution in [0.3, 0.4) is 0 Å². The fourth-order valence-corrected chi connectivity index (χ4v) is 5.15. The molecule has 0 saturated heterocycles. The summed E-state index contributed by atoms with van der Waals surface area (Å²) in [6.45, 7) is 7.02. The minimum absolute atomic E-state index is 0.0191. The summed E-state index contributed by atoms with van der Waals surface area (Å²) in [5.74, 6) is -2.39. The van der Waals surface area contributed by atoms with Crippen molar-refractivity contribution in [1.29, 1.82) is 0 Å². The molecule has 1 atom stereocenters. The molecular weight excluding hydrogens is 460 g/mol. The van der Waals surface area contributed by atoms with Crippen LogP contribution in [0.25, 0.3) is 10.9 Å². The largest absolute Gasteiger partial charge is 0.507 e. The van der Waals surface area contributed by atoms with Gasteiger partial charge in [-0.05, 0) is 45.2 Å². The molecule has 2 aliphatic rings. The molecule has 0 amide bonds. The molecule has 0 bridgehead atoms. The van der Waals surface area contributed by atoms with E-state index < -0.39 is 28.5 Å². The van der Waals surface area contributed by atoms with E-state index in [1.165, 1.54) is 19.9 Å². The number of phenolic OH excluding ortho intramolecular Hbond substituents is 2. The molecule has 184 valence electrons. The maximum absolute atomic E-state index is 13.8. The van der Waals surface area contributed by atoms with Crippen molar-refractivity contribution in [3.8, 4) is 17.2 Å². The van der Waals surface area contributed by atoms with Crippen LogP contribution in [0.1, 0.15) is 42.3 Å². The summed E-state index contributed by atoms with van der Waals surface area (Å²) in [6.07, 6.45) is 3.21. The molecule has 5 rings (SSSR count). The van der Waals surface area contributed by atoms with E-state index >= 15 is 0 Å². The lowest BCUT2D eigenvalue weighted by Crippen LogP contribution is -2.41. The second-order valence-electron chi connectivity index (χ2n) is 9.38. The number of phenols is 2. The summed E-state index contributed by atoms with van der Waals surface area (Å²) >= 11 is 0. The molecule has 0 spiro atoms. The van der Waals surface area contributed by atoms with Crippen molar-refractivity contribution in [2.75, 3.05) is 6.54 Å². The quantitative estimate of drug-likeness (QED) is 0.285. The van der Waals surface area contributed by atoms with Gasteiger partial charge in [0.2, 0.25) is 0 Å². The minimum atomic E-state index is -1.52. The molecule has 3 aromatic rings. The Morgan fingerprint density at radius 1 is 1.11 bits per heavy atom. The molecule has 0 radical (unpaired) electrons. The molecular formula is C28H26N2O6. The zero-order chi connectivity index (χ0) is 25.9. The number of allylic oxidation sites excluding steroid dienone is 4. The molecule has 8 nitrogen and oxygen atoms in total. The number of carbonyl (C=O) groups excluding carboxylic acids is 3. The van der Waals surface area contributed by atoms with Crippen LogP contribution < -0.4 is 10.1 Å². The predicted octanol–water partition coefficient (Wildman–Crippen LogP) is 3.81. The van der Waals surface area contributed by atoms with Gasteiger partial charge in [-0.25, -0.2) is 0 Å². The Hall–Kier alpha value is -4.33. The molecule has 2 heterocycles. The van der Waals surface area contributed by atoms with Crippen LogP contribution in [0, 0.1) is 6.92 Å². The van der Waals surface area contributed by atoms with Crippen LogP contribution >= 0.6 is 0 Å². The molecule has 0 unspecified atom stereocenters. The number of ketones is 3. The van der Waals surface area contributed by atoms with Gasteiger partial charge in [0.05, 0.1) is 11.1 Å². The number of rotatable bonds is 5. The van der Waals surface area contributed by atoms with E-state index in [2.05, 4.69) is 9.88 Å². The third kappa shape index (κ3) is 3.17. The maximum Gasteiger partial charge on any atom is 0.194 e. The summed E-state index contributed by atoms with van der Waals surface area (Å²) in [6, 6.07) is 10.0. The average molecular weight is 487 g/mol. The number of ether oxygens (including phenoxy) is 1.